The highest BCUT2D eigenvalue weighted by Gasteiger charge is 2.33. The molecule has 3 rings (SSSR count). The van der Waals surface area contributed by atoms with Crippen molar-refractivity contribution in [3.05, 3.63) is 52.4 Å². The van der Waals surface area contributed by atoms with Crippen molar-refractivity contribution >= 4 is 27.6 Å². The smallest absolute Gasteiger partial charge is 0.312 e. The van der Waals surface area contributed by atoms with Crippen molar-refractivity contribution in [2.24, 2.45) is 0 Å². The highest BCUT2D eigenvalue weighted by Crippen LogP contribution is 2.37. The summed E-state index contributed by atoms with van der Waals surface area (Å²) in [7, 11) is 0. The number of hydrogen-bond acceptors (Lipinski definition) is 3. The fourth-order valence-electron chi connectivity index (χ4n) is 2.47. The van der Waals surface area contributed by atoms with Crippen LogP contribution in [-0.2, 0) is 11.3 Å². The lowest BCUT2D eigenvalue weighted by molar-refractivity contribution is -0.138. The van der Waals surface area contributed by atoms with Gasteiger partial charge >= 0.3 is 5.97 Å². The number of anilines is 1. The number of aliphatic carboxylic acids is 1. The Morgan fingerprint density at radius 2 is 2.16 bits per heavy atom. The first-order valence-corrected chi connectivity index (χ1v) is 6.75. The number of fused-ring (bicyclic) bond motifs is 1. The van der Waals surface area contributed by atoms with Gasteiger partial charge in [0, 0.05) is 12.2 Å². The Hall–Kier alpha value is -1.75. The van der Waals surface area contributed by atoms with Gasteiger partial charge in [-0.2, -0.15) is 0 Å². The molecule has 0 fully saturated rings. The number of benzene rings is 1. The molecular weight excluding hydrogens is 310 g/mol. The van der Waals surface area contributed by atoms with Crippen molar-refractivity contribution in [1.82, 2.24) is 0 Å². The van der Waals surface area contributed by atoms with E-state index >= 15 is 0 Å². The second kappa shape index (κ2) is 4.74. The Kier molecular flexibility index (Phi) is 3.06. The van der Waals surface area contributed by atoms with E-state index in [1.165, 1.54) is 0 Å². The van der Waals surface area contributed by atoms with Gasteiger partial charge in [0.15, 0.2) is 4.67 Å². The van der Waals surface area contributed by atoms with Crippen LogP contribution in [0.3, 0.4) is 0 Å². The monoisotopic (exact) mass is 321 g/mol. The van der Waals surface area contributed by atoms with E-state index in [9.17, 15) is 9.90 Å². The van der Waals surface area contributed by atoms with Gasteiger partial charge in [0.1, 0.15) is 11.7 Å². The van der Waals surface area contributed by atoms with Gasteiger partial charge in [0.25, 0.3) is 0 Å². The number of rotatable bonds is 3. The number of carboxylic acids is 1. The van der Waals surface area contributed by atoms with E-state index in [4.69, 9.17) is 4.42 Å². The third-order valence-corrected chi connectivity index (χ3v) is 3.76. The number of nitrogens with zero attached hydrogens (tertiary/aromatic N) is 1. The number of hydrogen-bond donors (Lipinski definition) is 1. The Bertz CT molecular complexity index is 623. The van der Waals surface area contributed by atoms with Gasteiger partial charge in [0.05, 0.1) is 6.54 Å². The molecule has 1 aromatic carbocycles. The Morgan fingerprint density at radius 3 is 2.84 bits per heavy atom. The minimum atomic E-state index is -0.782. The van der Waals surface area contributed by atoms with Gasteiger partial charge in [0.2, 0.25) is 0 Å². The van der Waals surface area contributed by atoms with E-state index in [2.05, 4.69) is 15.9 Å². The molecule has 1 N–H and O–H groups in total. The van der Waals surface area contributed by atoms with E-state index in [1.54, 1.807) is 0 Å². The fraction of sp³-hybridized carbons (Fsp3) is 0.214. The Morgan fingerprint density at radius 1 is 1.37 bits per heavy atom. The van der Waals surface area contributed by atoms with E-state index in [0.717, 1.165) is 17.0 Å². The van der Waals surface area contributed by atoms with Crippen LogP contribution < -0.4 is 4.90 Å². The maximum Gasteiger partial charge on any atom is 0.312 e. The van der Waals surface area contributed by atoms with Crippen LogP contribution in [0.2, 0.25) is 0 Å². The summed E-state index contributed by atoms with van der Waals surface area (Å²) >= 11 is 3.27. The first-order valence-electron chi connectivity index (χ1n) is 5.96. The van der Waals surface area contributed by atoms with Crippen molar-refractivity contribution < 1.29 is 14.3 Å². The predicted molar refractivity (Wildman–Crippen MR) is 74.3 cm³/mol. The number of halogens is 1. The number of carbonyl (C=O) groups is 1. The van der Waals surface area contributed by atoms with Crippen LogP contribution in [-0.4, -0.2) is 17.6 Å². The molecule has 2 heterocycles. The average Bonchev–Trinajstić information content (AvgIpc) is 2.95. The van der Waals surface area contributed by atoms with Gasteiger partial charge in [-0.3, -0.25) is 4.79 Å². The maximum atomic E-state index is 11.3. The normalized spacial score (nSPS) is 17.5. The summed E-state index contributed by atoms with van der Waals surface area (Å²) in [4.78, 5) is 13.3. The Balaban J connectivity index is 1.90. The minimum absolute atomic E-state index is 0.463. The number of para-hydroxylation sites is 1. The second-order valence-electron chi connectivity index (χ2n) is 4.54. The standard InChI is InChI=1S/C14H12BrNO3/c15-13-6-5-9(19-13)7-16-8-11(14(17)18)10-3-1-2-4-12(10)16/h1-6,11H,7-8H2,(H,17,18). The molecule has 1 aliphatic rings. The summed E-state index contributed by atoms with van der Waals surface area (Å²) in [6.07, 6.45) is 0. The van der Waals surface area contributed by atoms with Gasteiger partial charge in [-0.15, -0.1) is 0 Å². The van der Waals surface area contributed by atoms with Crippen LogP contribution in [0.25, 0.3) is 0 Å². The quantitative estimate of drug-likeness (QED) is 0.943. The second-order valence-corrected chi connectivity index (χ2v) is 5.32. The molecule has 0 aliphatic carbocycles. The van der Waals surface area contributed by atoms with Crippen molar-refractivity contribution in [2.75, 3.05) is 11.4 Å². The first kappa shape index (κ1) is 12.3. The highest BCUT2D eigenvalue weighted by atomic mass is 79.9. The van der Waals surface area contributed by atoms with Crippen molar-refractivity contribution in [1.29, 1.82) is 0 Å². The first-order chi connectivity index (χ1) is 9.15. The molecule has 0 saturated carbocycles. The van der Waals surface area contributed by atoms with Crippen molar-refractivity contribution in [3.8, 4) is 0 Å². The van der Waals surface area contributed by atoms with E-state index in [1.807, 2.05) is 41.3 Å². The van der Waals surface area contributed by atoms with E-state index in [-0.39, 0.29) is 0 Å². The van der Waals surface area contributed by atoms with Crippen molar-refractivity contribution in [3.63, 3.8) is 0 Å². The lowest BCUT2D eigenvalue weighted by Gasteiger charge is -2.17. The molecule has 1 atom stereocenters. The average molecular weight is 322 g/mol. The molecule has 98 valence electrons. The lowest BCUT2D eigenvalue weighted by Crippen LogP contribution is -2.23. The predicted octanol–water partition coefficient (Wildman–Crippen LogP) is 3.23. The zero-order chi connectivity index (χ0) is 13.4. The summed E-state index contributed by atoms with van der Waals surface area (Å²) in [5.74, 6) is -0.433. The molecule has 0 saturated heterocycles. The molecule has 0 bridgehead atoms. The molecular formula is C14H12BrNO3. The van der Waals surface area contributed by atoms with Gasteiger partial charge in [-0.25, -0.2) is 0 Å². The van der Waals surface area contributed by atoms with Crippen molar-refractivity contribution in [2.45, 2.75) is 12.5 Å². The maximum absolute atomic E-state index is 11.3. The summed E-state index contributed by atoms with van der Waals surface area (Å²) in [6.45, 7) is 1.05. The molecule has 1 aliphatic heterocycles. The SMILES string of the molecule is O=C(O)C1CN(Cc2ccc(Br)o2)c2ccccc21. The molecule has 19 heavy (non-hydrogen) atoms. The van der Waals surface area contributed by atoms with Crippen LogP contribution in [0.1, 0.15) is 17.2 Å². The van der Waals surface area contributed by atoms with Crippen LogP contribution >= 0.6 is 15.9 Å². The molecule has 0 spiro atoms. The highest BCUT2D eigenvalue weighted by molar-refractivity contribution is 9.10. The molecule has 1 aromatic heterocycles. The summed E-state index contributed by atoms with van der Waals surface area (Å²) in [6, 6.07) is 11.4. The minimum Gasteiger partial charge on any atom is -0.481 e. The molecule has 0 amide bonds. The third kappa shape index (κ3) is 2.26. The lowest BCUT2D eigenvalue weighted by atomic mass is 10.0. The summed E-state index contributed by atoms with van der Waals surface area (Å²) in [5.41, 5.74) is 1.85. The number of furan rings is 1. The van der Waals surface area contributed by atoms with Gasteiger partial charge in [-0.05, 0) is 39.7 Å². The fourth-order valence-corrected chi connectivity index (χ4v) is 2.81. The van der Waals surface area contributed by atoms with E-state index < -0.39 is 11.9 Å². The van der Waals surface area contributed by atoms with Crippen LogP contribution in [0.4, 0.5) is 5.69 Å². The topological polar surface area (TPSA) is 53.7 Å². The molecule has 0 radical (unpaired) electrons. The van der Waals surface area contributed by atoms with Crippen LogP contribution in [0, 0.1) is 0 Å². The van der Waals surface area contributed by atoms with E-state index in [0.29, 0.717) is 17.8 Å². The Labute approximate surface area is 118 Å². The summed E-state index contributed by atoms with van der Waals surface area (Å²) < 4.78 is 6.17. The largest absolute Gasteiger partial charge is 0.481 e. The van der Waals surface area contributed by atoms with Crippen LogP contribution in [0.15, 0.2) is 45.5 Å². The number of carboxylic acid groups (broad SMARTS) is 1. The molecule has 2 aromatic rings. The third-order valence-electron chi connectivity index (χ3n) is 3.33. The van der Waals surface area contributed by atoms with Gasteiger partial charge in [-0.1, -0.05) is 18.2 Å². The van der Waals surface area contributed by atoms with Gasteiger partial charge < -0.3 is 14.4 Å². The zero-order valence-corrected chi connectivity index (χ0v) is 11.6. The zero-order valence-electron chi connectivity index (χ0n) is 10.0. The van der Waals surface area contributed by atoms with Crippen LogP contribution in [0.5, 0.6) is 0 Å². The summed E-state index contributed by atoms with van der Waals surface area (Å²) in [5, 5.41) is 9.29. The molecule has 1 unspecified atom stereocenters. The molecule has 5 heteroatoms. The molecule has 4 nitrogen and oxygen atoms in total.